The number of hydrogen-bond acceptors (Lipinski definition) is 3. The Morgan fingerprint density at radius 2 is 2.06 bits per heavy atom. The lowest BCUT2D eigenvalue weighted by atomic mass is 10.2. The SMILES string of the molecule is O=C(Nc1ccc(CO)cn1)c1ccccc1Cl. The first kappa shape index (κ1) is 12.5. The molecule has 0 radical (unpaired) electrons. The Labute approximate surface area is 109 Å². The van der Waals surface area contributed by atoms with E-state index in [1.807, 2.05) is 0 Å². The lowest BCUT2D eigenvalue weighted by molar-refractivity contribution is 0.102. The van der Waals surface area contributed by atoms with Crippen molar-refractivity contribution >= 4 is 23.3 Å². The van der Waals surface area contributed by atoms with Gasteiger partial charge in [-0.3, -0.25) is 4.79 Å². The molecule has 1 aromatic heterocycles. The fourth-order valence-electron chi connectivity index (χ4n) is 1.42. The van der Waals surface area contributed by atoms with Crippen LogP contribution in [0.4, 0.5) is 5.82 Å². The summed E-state index contributed by atoms with van der Waals surface area (Å²) in [6.07, 6.45) is 1.50. The van der Waals surface area contributed by atoms with E-state index in [1.54, 1.807) is 36.4 Å². The molecule has 2 N–H and O–H groups in total. The molecule has 18 heavy (non-hydrogen) atoms. The van der Waals surface area contributed by atoms with Crippen LogP contribution in [0, 0.1) is 0 Å². The molecule has 1 amide bonds. The topological polar surface area (TPSA) is 62.2 Å². The molecule has 0 fully saturated rings. The van der Waals surface area contributed by atoms with Crippen molar-refractivity contribution in [3.05, 3.63) is 58.7 Å². The van der Waals surface area contributed by atoms with Gasteiger partial charge in [0.15, 0.2) is 0 Å². The van der Waals surface area contributed by atoms with Crippen LogP contribution in [-0.2, 0) is 6.61 Å². The molecule has 92 valence electrons. The van der Waals surface area contributed by atoms with Crippen LogP contribution in [0.2, 0.25) is 5.02 Å². The van der Waals surface area contributed by atoms with Crippen LogP contribution in [0.25, 0.3) is 0 Å². The van der Waals surface area contributed by atoms with E-state index in [0.29, 0.717) is 22.0 Å². The van der Waals surface area contributed by atoms with Gasteiger partial charge in [-0.2, -0.15) is 0 Å². The fourth-order valence-corrected chi connectivity index (χ4v) is 1.64. The molecule has 0 spiro atoms. The third kappa shape index (κ3) is 2.85. The summed E-state index contributed by atoms with van der Waals surface area (Å²) < 4.78 is 0. The number of carbonyl (C=O) groups is 1. The maximum atomic E-state index is 11.9. The summed E-state index contributed by atoms with van der Waals surface area (Å²) >= 11 is 5.92. The molecular weight excluding hydrogens is 252 g/mol. The minimum Gasteiger partial charge on any atom is -0.392 e. The molecule has 1 aromatic carbocycles. The summed E-state index contributed by atoms with van der Waals surface area (Å²) in [5.41, 5.74) is 1.08. The monoisotopic (exact) mass is 262 g/mol. The standard InChI is InChI=1S/C13H11ClN2O2/c14-11-4-2-1-3-10(11)13(18)16-12-6-5-9(8-17)7-15-12/h1-7,17H,8H2,(H,15,16,18). The van der Waals surface area contributed by atoms with Crippen molar-refractivity contribution in [2.24, 2.45) is 0 Å². The fraction of sp³-hybridized carbons (Fsp3) is 0.0769. The Bertz CT molecular complexity index is 555. The van der Waals surface area contributed by atoms with Gasteiger partial charge >= 0.3 is 0 Å². The van der Waals surface area contributed by atoms with E-state index in [1.165, 1.54) is 6.20 Å². The van der Waals surface area contributed by atoms with Crippen LogP contribution in [0.1, 0.15) is 15.9 Å². The molecule has 4 nitrogen and oxygen atoms in total. The first-order valence-corrected chi connectivity index (χ1v) is 5.70. The summed E-state index contributed by atoms with van der Waals surface area (Å²) in [5, 5.41) is 11.9. The maximum absolute atomic E-state index is 11.9. The number of halogens is 1. The van der Waals surface area contributed by atoms with Crippen LogP contribution in [0.15, 0.2) is 42.6 Å². The third-order valence-corrected chi connectivity index (χ3v) is 2.70. The highest BCUT2D eigenvalue weighted by atomic mass is 35.5. The van der Waals surface area contributed by atoms with E-state index in [0.717, 1.165) is 0 Å². The van der Waals surface area contributed by atoms with Crippen molar-refractivity contribution in [1.82, 2.24) is 4.98 Å². The van der Waals surface area contributed by atoms with Crippen molar-refractivity contribution in [3.8, 4) is 0 Å². The normalized spacial score (nSPS) is 10.1. The highest BCUT2D eigenvalue weighted by Gasteiger charge is 2.09. The number of anilines is 1. The van der Waals surface area contributed by atoms with Crippen LogP contribution in [0.3, 0.4) is 0 Å². The second-order valence-electron chi connectivity index (χ2n) is 3.64. The second-order valence-corrected chi connectivity index (χ2v) is 4.05. The minimum absolute atomic E-state index is 0.0776. The Balaban J connectivity index is 2.14. The summed E-state index contributed by atoms with van der Waals surface area (Å²) in [6.45, 7) is -0.0776. The van der Waals surface area contributed by atoms with Crippen LogP contribution >= 0.6 is 11.6 Å². The number of carbonyl (C=O) groups excluding carboxylic acids is 1. The van der Waals surface area contributed by atoms with Gasteiger partial charge in [0, 0.05) is 6.20 Å². The van der Waals surface area contributed by atoms with E-state index in [2.05, 4.69) is 10.3 Å². The highest BCUT2D eigenvalue weighted by Crippen LogP contribution is 2.16. The molecule has 0 aliphatic carbocycles. The van der Waals surface area contributed by atoms with Crippen molar-refractivity contribution in [2.45, 2.75) is 6.61 Å². The Morgan fingerprint density at radius 1 is 1.28 bits per heavy atom. The number of benzene rings is 1. The number of rotatable bonds is 3. The van der Waals surface area contributed by atoms with E-state index < -0.39 is 0 Å². The van der Waals surface area contributed by atoms with E-state index in [9.17, 15) is 4.79 Å². The minimum atomic E-state index is -0.315. The van der Waals surface area contributed by atoms with Gasteiger partial charge in [-0.15, -0.1) is 0 Å². The number of nitrogens with one attached hydrogen (secondary N) is 1. The number of aliphatic hydroxyl groups excluding tert-OH is 1. The molecule has 0 aliphatic heterocycles. The molecule has 1 heterocycles. The lowest BCUT2D eigenvalue weighted by Crippen LogP contribution is -2.13. The van der Waals surface area contributed by atoms with Crippen molar-refractivity contribution in [3.63, 3.8) is 0 Å². The molecule has 2 rings (SSSR count). The van der Waals surface area contributed by atoms with Gasteiger partial charge in [0.25, 0.3) is 5.91 Å². The zero-order chi connectivity index (χ0) is 13.0. The Kier molecular flexibility index (Phi) is 3.92. The molecule has 0 unspecified atom stereocenters. The van der Waals surface area contributed by atoms with Gasteiger partial charge < -0.3 is 10.4 Å². The summed E-state index contributed by atoms with van der Waals surface area (Å²) in [5.74, 6) is 0.0990. The number of aromatic nitrogens is 1. The van der Waals surface area contributed by atoms with Crippen LogP contribution in [0.5, 0.6) is 0 Å². The molecule has 0 saturated carbocycles. The average Bonchev–Trinajstić information content (AvgIpc) is 2.40. The number of pyridine rings is 1. The van der Waals surface area contributed by atoms with Gasteiger partial charge in [-0.05, 0) is 23.8 Å². The smallest absolute Gasteiger partial charge is 0.258 e. The highest BCUT2D eigenvalue weighted by molar-refractivity contribution is 6.34. The van der Waals surface area contributed by atoms with Gasteiger partial charge in [0.1, 0.15) is 5.82 Å². The molecule has 0 aliphatic rings. The maximum Gasteiger partial charge on any atom is 0.258 e. The van der Waals surface area contributed by atoms with Crippen molar-refractivity contribution < 1.29 is 9.90 Å². The van der Waals surface area contributed by atoms with Gasteiger partial charge in [-0.1, -0.05) is 29.8 Å². The molecule has 5 heteroatoms. The van der Waals surface area contributed by atoms with Gasteiger partial charge in [-0.25, -0.2) is 4.98 Å². The number of hydrogen-bond donors (Lipinski definition) is 2. The predicted molar refractivity (Wildman–Crippen MR) is 69.6 cm³/mol. The van der Waals surface area contributed by atoms with Crippen LogP contribution < -0.4 is 5.32 Å². The number of nitrogens with zero attached hydrogens (tertiary/aromatic N) is 1. The van der Waals surface area contributed by atoms with Crippen molar-refractivity contribution in [2.75, 3.05) is 5.32 Å². The number of aliphatic hydroxyl groups is 1. The second kappa shape index (κ2) is 5.62. The van der Waals surface area contributed by atoms with Gasteiger partial charge in [0.05, 0.1) is 17.2 Å². The average molecular weight is 263 g/mol. The zero-order valence-electron chi connectivity index (χ0n) is 9.43. The lowest BCUT2D eigenvalue weighted by Gasteiger charge is -2.06. The van der Waals surface area contributed by atoms with Gasteiger partial charge in [0.2, 0.25) is 0 Å². The number of amides is 1. The molecule has 0 atom stereocenters. The summed E-state index contributed by atoms with van der Waals surface area (Å²) in [6, 6.07) is 10.1. The summed E-state index contributed by atoms with van der Waals surface area (Å²) in [4.78, 5) is 15.9. The van der Waals surface area contributed by atoms with Crippen LogP contribution in [-0.4, -0.2) is 16.0 Å². The van der Waals surface area contributed by atoms with E-state index in [4.69, 9.17) is 16.7 Å². The zero-order valence-corrected chi connectivity index (χ0v) is 10.2. The molecule has 2 aromatic rings. The predicted octanol–water partition coefficient (Wildman–Crippen LogP) is 2.48. The van der Waals surface area contributed by atoms with E-state index in [-0.39, 0.29) is 12.5 Å². The first-order chi connectivity index (χ1) is 8.70. The van der Waals surface area contributed by atoms with Crippen molar-refractivity contribution in [1.29, 1.82) is 0 Å². The largest absolute Gasteiger partial charge is 0.392 e. The molecule has 0 saturated heterocycles. The Hall–Kier alpha value is -1.91. The molecule has 0 bridgehead atoms. The summed E-state index contributed by atoms with van der Waals surface area (Å²) in [7, 11) is 0. The first-order valence-electron chi connectivity index (χ1n) is 5.32. The third-order valence-electron chi connectivity index (χ3n) is 2.37. The molecular formula is C13H11ClN2O2. The quantitative estimate of drug-likeness (QED) is 0.893. The van der Waals surface area contributed by atoms with E-state index >= 15 is 0 Å². The Morgan fingerprint density at radius 3 is 2.67 bits per heavy atom.